The first kappa shape index (κ1) is 16.4. The Morgan fingerprint density at radius 3 is 2.86 bits per heavy atom. The molecule has 1 N–H and O–H groups in total. The van der Waals surface area contributed by atoms with Crippen LogP contribution in [0.5, 0.6) is 0 Å². The maximum absolute atomic E-state index is 11.0. The number of likely N-dealkylation sites (N-methyl/N-ethyl adjacent to an activating group) is 1. The molecule has 0 aliphatic carbocycles. The second-order valence-corrected chi connectivity index (χ2v) is 6.54. The zero-order valence-electron chi connectivity index (χ0n) is 12.2. The van der Waals surface area contributed by atoms with E-state index < -0.39 is 0 Å². The Morgan fingerprint density at radius 1 is 1.52 bits per heavy atom. The highest BCUT2D eigenvalue weighted by molar-refractivity contribution is 9.10. The molecular formula is C14H20BrN3O3. The molecule has 0 aromatic heterocycles. The largest absolute Gasteiger partial charge is 0.392 e. The van der Waals surface area contributed by atoms with Gasteiger partial charge in [-0.05, 0) is 42.0 Å². The van der Waals surface area contributed by atoms with E-state index in [1.807, 2.05) is 20.2 Å². The molecule has 2 rings (SSSR count). The maximum atomic E-state index is 11.0. The van der Waals surface area contributed by atoms with Crippen molar-refractivity contribution in [3.8, 4) is 0 Å². The van der Waals surface area contributed by atoms with E-state index in [9.17, 15) is 15.2 Å². The molecule has 0 saturated carbocycles. The number of nitro benzene ring substituents is 1. The fourth-order valence-corrected chi connectivity index (χ4v) is 3.35. The summed E-state index contributed by atoms with van der Waals surface area (Å²) in [6.07, 6.45) is 0.414. The Hall–Kier alpha value is -1.02. The van der Waals surface area contributed by atoms with Crippen molar-refractivity contribution in [2.45, 2.75) is 25.1 Å². The van der Waals surface area contributed by atoms with Crippen molar-refractivity contribution in [3.05, 3.63) is 38.3 Å². The third-order valence-corrected chi connectivity index (χ3v) is 4.63. The van der Waals surface area contributed by atoms with Crippen LogP contribution < -0.4 is 0 Å². The number of aliphatic hydroxyl groups is 1. The first-order valence-corrected chi connectivity index (χ1v) is 7.66. The second kappa shape index (κ2) is 6.83. The maximum Gasteiger partial charge on any atom is 0.283 e. The first-order valence-electron chi connectivity index (χ1n) is 6.87. The van der Waals surface area contributed by atoms with E-state index in [2.05, 4.69) is 25.7 Å². The van der Waals surface area contributed by atoms with Crippen LogP contribution in [0.15, 0.2) is 22.7 Å². The number of likely N-dealkylation sites (tertiary alicyclic amines) is 1. The molecule has 1 saturated heterocycles. The molecule has 1 aliphatic rings. The molecule has 1 fully saturated rings. The minimum Gasteiger partial charge on any atom is -0.392 e. The van der Waals surface area contributed by atoms with Crippen LogP contribution in [0.3, 0.4) is 0 Å². The lowest BCUT2D eigenvalue weighted by Crippen LogP contribution is -2.37. The van der Waals surface area contributed by atoms with E-state index in [4.69, 9.17) is 0 Å². The highest BCUT2D eigenvalue weighted by Gasteiger charge is 2.31. The standard InChI is InChI=1S/C14H20BrN3O3/c1-16(2)8-11-6-12(19)9-17(11)7-10-4-3-5-13(14(10)15)18(20)21/h3-5,11-12,19H,6-9H2,1-2H3. The number of aliphatic hydroxyl groups excluding tert-OH is 1. The smallest absolute Gasteiger partial charge is 0.283 e. The van der Waals surface area contributed by atoms with Gasteiger partial charge in [-0.15, -0.1) is 0 Å². The summed E-state index contributed by atoms with van der Waals surface area (Å²) in [6, 6.07) is 5.34. The van der Waals surface area contributed by atoms with E-state index >= 15 is 0 Å². The summed E-state index contributed by atoms with van der Waals surface area (Å²) in [6.45, 7) is 2.06. The number of β-amino-alcohol motifs (C(OH)–C–C–N with tert-alkyl or cyclic N) is 1. The third-order valence-electron chi connectivity index (χ3n) is 3.71. The molecule has 6 nitrogen and oxygen atoms in total. The van der Waals surface area contributed by atoms with Crippen molar-refractivity contribution >= 4 is 21.6 Å². The predicted molar refractivity (Wildman–Crippen MR) is 84.2 cm³/mol. The van der Waals surface area contributed by atoms with Crippen LogP contribution in [0, 0.1) is 10.1 Å². The van der Waals surface area contributed by atoms with E-state index in [1.165, 1.54) is 6.07 Å². The summed E-state index contributed by atoms with van der Waals surface area (Å²) in [5, 5.41) is 20.9. The van der Waals surface area contributed by atoms with Crippen molar-refractivity contribution < 1.29 is 10.0 Å². The van der Waals surface area contributed by atoms with Crippen LogP contribution in [-0.4, -0.2) is 59.2 Å². The van der Waals surface area contributed by atoms with Gasteiger partial charge in [-0.2, -0.15) is 0 Å². The summed E-state index contributed by atoms with van der Waals surface area (Å²) < 4.78 is 0.528. The van der Waals surface area contributed by atoms with Gasteiger partial charge in [-0.3, -0.25) is 15.0 Å². The lowest BCUT2D eigenvalue weighted by molar-refractivity contribution is -0.385. The minimum absolute atomic E-state index is 0.0800. The van der Waals surface area contributed by atoms with Gasteiger partial charge in [0.25, 0.3) is 5.69 Å². The molecule has 1 aromatic carbocycles. The number of hydrogen-bond acceptors (Lipinski definition) is 5. The van der Waals surface area contributed by atoms with Crippen LogP contribution in [0.4, 0.5) is 5.69 Å². The summed E-state index contributed by atoms with van der Waals surface area (Å²) in [5.41, 5.74) is 0.957. The second-order valence-electron chi connectivity index (χ2n) is 5.74. The first-order chi connectivity index (χ1) is 9.88. The molecule has 1 heterocycles. The Labute approximate surface area is 132 Å². The number of rotatable bonds is 5. The van der Waals surface area contributed by atoms with Crippen molar-refractivity contribution in [2.75, 3.05) is 27.2 Å². The molecule has 116 valence electrons. The monoisotopic (exact) mass is 357 g/mol. The lowest BCUT2D eigenvalue weighted by atomic mass is 10.1. The zero-order valence-corrected chi connectivity index (χ0v) is 13.8. The molecule has 1 aliphatic heterocycles. The van der Waals surface area contributed by atoms with Crippen molar-refractivity contribution in [2.24, 2.45) is 0 Å². The Kier molecular flexibility index (Phi) is 5.32. The van der Waals surface area contributed by atoms with Crippen molar-refractivity contribution in [1.82, 2.24) is 9.80 Å². The molecule has 7 heteroatoms. The van der Waals surface area contributed by atoms with Crippen molar-refractivity contribution in [1.29, 1.82) is 0 Å². The Morgan fingerprint density at radius 2 is 2.24 bits per heavy atom. The number of benzene rings is 1. The van der Waals surface area contributed by atoms with E-state index in [0.29, 0.717) is 17.6 Å². The van der Waals surface area contributed by atoms with Crippen LogP contribution in [0.25, 0.3) is 0 Å². The summed E-state index contributed by atoms with van der Waals surface area (Å²) >= 11 is 3.33. The Bertz CT molecular complexity index is 524. The molecule has 2 unspecified atom stereocenters. The average molecular weight is 358 g/mol. The molecule has 1 aromatic rings. The average Bonchev–Trinajstić information content (AvgIpc) is 2.70. The van der Waals surface area contributed by atoms with Gasteiger partial charge in [0, 0.05) is 31.7 Å². The van der Waals surface area contributed by atoms with Crippen molar-refractivity contribution in [3.63, 3.8) is 0 Å². The Balaban J connectivity index is 2.17. The highest BCUT2D eigenvalue weighted by Crippen LogP contribution is 2.31. The summed E-state index contributed by atoms with van der Waals surface area (Å²) in [5.74, 6) is 0. The fraction of sp³-hybridized carbons (Fsp3) is 0.571. The molecule has 0 spiro atoms. The van der Waals surface area contributed by atoms with E-state index in [1.54, 1.807) is 6.07 Å². The molecule has 0 amide bonds. The summed E-state index contributed by atoms with van der Waals surface area (Å²) in [4.78, 5) is 14.9. The molecule has 0 radical (unpaired) electrons. The van der Waals surface area contributed by atoms with E-state index in [-0.39, 0.29) is 22.8 Å². The third kappa shape index (κ3) is 4.00. The topological polar surface area (TPSA) is 69.8 Å². The molecule has 0 bridgehead atoms. The molecule has 2 atom stereocenters. The van der Waals surface area contributed by atoms with Gasteiger partial charge in [0.2, 0.25) is 0 Å². The molecular weight excluding hydrogens is 338 g/mol. The zero-order chi connectivity index (χ0) is 15.6. The lowest BCUT2D eigenvalue weighted by Gasteiger charge is -2.26. The summed E-state index contributed by atoms with van der Waals surface area (Å²) in [7, 11) is 4.01. The van der Waals surface area contributed by atoms with Gasteiger partial charge >= 0.3 is 0 Å². The normalized spacial score (nSPS) is 22.9. The van der Waals surface area contributed by atoms with Gasteiger partial charge in [0.05, 0.1) is 15.5 Å². The highest BCUT2D eigenvalue weighted by atomic mass is 79.9. The van der Waals surface area contributed by atoms with Gasteiger partial charge in [0.15, 0.2) is 0 Å². The SMILES string of the molecule is CN(C)CC1CC(O)CN1Cc1cccc([N+](=O)[O-])c1Br. The van der Waals surface area contributed by atoms with E-state index in [0.717, 1.165) is 18.5 Å². The van der Waals surface area contributed by atoms with Crippen LogP contribution in [-0.2, 0) is 6.54 Å². The van der Waals surface area contributed by atoms with Gasteiger partial charge in [0.1, 0.15) is 0 Å². The van der Waals surface area contributed by atoms with Crippen LogP contribution >= 0.6 is 15.9 Å². The number of halogens is 1. The van der Waals surface area contributed by atoms with Crippen LogP contribution in [0.1, 0.15) is 12.0 Å². The molecule has 21 heavy (non-hydrogen) atoms. The van der Waals surface area contributed by atoms with Gasteiger partial charge in [-0.1, -0.05) is 12.1 Å². The van der Waals surface area contributed by atoms with Gasteiger partial charge < -0.3 is 10.0 Å². The number of nitrogens with zero attached hydrogens (tertiary/aromatic N) is 3. The van der Waals surface area contributed by atoms with Gasteiger partial charge in [-0.25, -0.2) is 0 Å². The quantitative estimate of drug-likeness (QED) is 0.643. The fourth-order valence-electron chi connectivity index (χ4n) is 2.81. The number of nitro groups is 1. The minimum atomic E-state index is -0.385. The van der Waals surface area contributed by atoms with Crippen LogP contribution in [0.2, 0.25) is 0 Å². The predicted octanol–water partition coefficient (Wildman–Crippen LogP) is 1.85. The number of hydrogen-bond donors (Lipinski definition) is 1.